The van der Waals surface area contributed by atoms with Crippen LogP contribution in [0.4, 0.5) is 0 Å². The van der Waals surface area contributed by atoms with Gasteiger partial charge in [-0.05, 0) is 39.3 Å². The van der Waals surface area contributed by atoms with Crippen LogP contribution in [0.3, 0.4) is 0 Å². The SMILES string of the molecule is CCOC(=O)[C@@H](CC)/C(C)=N\NC(=O)c1cccc(C)c1. The molecule has 1 amide bonds. The number of nitrogens with zero attached hydrogens (tertiary/aromatic N) is 1. The van der Waals surface area contributed by atoms with Gasteiger partial charge in [-0.15, -0.1) is 0 Å². The molecule has 0 aliphatic carbocycles. The minimum atomic E-state index is -0.428. The molecule has 1 atom stereocenters. The highest BCUT2D eigenvalue weighted by atomic mass is 16.5. The highest BCUT2D eigenvalue weighted by Crippen LogP contribution is 2.08. The van der Waals surface area contributed by atoms with Crippen molar-refractivity contribution >= 4 is 17.6 Å². The molecule has 21 heavy (non-hydrogen) atoms. The van der Waals surface area contributed by atoms with E-state index >= 15 is 0 Å². The van der Waals surface area contributed by atoms with Gasteiger partial charge in [0.05, 0.1) is 12.5 Å². The first-order valence-corrected chi connectivity index (χ1v) is 7.07. The predicted molar refractivity (Wildman–Crippen MR) is 82.2 cm³/mol. The van der Waals surface area contributed by atoms with Crippen LogP contribution in [0.25, 0.3) is 0 Å². The number of hydrogen-bond donors (Lipinski definition) is 1. The van der Waals surface area contributed by atoms with Crippen LogP contribution in [-0.4, -0.2) is 24.2 Å². The lowest BCUT2D eigenvalue weighted by Gasteiger charge is -2.13. The van der Waals surface area contributed by atoms with Crippen molar-refractivity contribution in [3.63, 3.8) is 0 Å². The van der Waals surface area contributed by atoms with E-state index in [-0.39, 0.29) is 11.9 Å². The molecule has 0 bridgehead atoms. The van der Waals surface area contributed by atoms with Gasteiger partial charge in [-0.2, -0.15) is 5.10 Å². The second-order valence-corrected chi connectivity index (χ2v) is 4.78. The molecule has 0 unspecified atom stereocenters. The molecule has 0 aromatic heterocycles. The Morgan fingerprint density at radius 1 is 1.33 bits per heavy atom. The Bertz CT molecular complexity index is 538. The summed E-state index contributed by atoms with van der Waals surface area (Å²) in [6.07, 6.45) is 0.578. The number of carbonyl (C=O) groups excluding carboxylic acids is 2. The van der Waals surface area contributed by atoms with Gasteiger partial charge in [0.15, 0.2) is 0 Å². The molecule has 5 nitrogen and oxygen atoms in total. The number of aryl methyl sites for hydroxylation is 1. The summed E-state index contributed by atoms with van der Waals surface area (Å²) < 4.78 is 4.99. The van der Waals surface area contributed by atoms with Gasteiger partial charge in [0.2, 0.25) is 0 Å². The van der Waals surface area contributed by atoms with E-state index in [4.69, 9.17) is 4.74 Å². The second kappa shape index (κ2) is 8.19. The monoisotopic (exact) mass is 290 g/mol. The Morgan fingerprint density at radius 3 is 2.62 bits per heavy atom. The highest BCUT2D eigenvalue weighted by molar-refractivity contribution is 6.02. The van der Waals surface area contributed by atoms with Gasteiger partial charge in [0, 0.05) is 11.3 Å². The smallest absolute Gasteiger partial charge is 0.314 e. The number of ether oxygens (including phenoxy) is 1. The second-order valence-electron chi connectivity index (χ2n) is 4.78. The van der Waals surface area contributed by atoms with E-state index in [2.05, 4.69) is 10.5 Å². The van der Waals surface area contributed by atoms with Gasteiger partial charge in [0.25, 0.3) is 5.91 Å². The molecule has 5 heteroatoms. The fraction of sp³-hybridized carbons (Fsp3) is 0.438. The zero-order valence-electron chi connectivity index (χ0n) is 13.0. The summed E-state index contributed by atoms with van der Waals surface area (Å²) in [6, 6.07) is 7.23. The number of nitrogens with one attached hydrogen (secondary N) is 1. The third kappa shape index (κ3) is 5.02. The van der Waals surface area contributed by atoms with Crippen molar-refractivity contribution in [2.75, 3.05) is 6.61 Å². The van der Waals surface area contributed by atoms with Gasteiger partial charge in [-0.25, -0.2) is 5.43 Å². The third-order valence-corrected chi connectivity index (χ3v) is 3.10. The zero-order chi connectivity index (χ0) is 15.8. The summed E-state index contributed by atoms with van der Waals surface area (Å²) in [7, 11) is 0. The molecule has 0 spiro atoms. The summed E-state index contributed by atoms with van der Waals surface area (Å²) >= 11 is 0. The average molecular weight is 290 g/mol. The standard InChI is InChI=1S/C16H22N2O3/c1-5-14(16(20)21-6-2)12(4)17-18-15(19)13-9-7-8-11(3)10-13/h7-10,14H,5-6H2,1-4H3,(H,18,19)/b17-12-/t14-/m0/s1. The Labute approximate surface area is 125 Å². The molecule has 0 saturated carbocycles. The van der Waals surface area contributed by atoms with Crippen molar-refractivity contribution in [2.24, 2.45) is 11.0 Å². The van der Waals surface area contributed by atoms with Crippen molar-refractivity contribution < 1.29 is 14.3 Å². The lowest BCUT2D eigenvalue weighted by Crippen LogP contribution is -2.27. The molecular formula is C16H22N2O3. The number of hydrazone groups is 1. The lowest BCUT2D eigenvalue weighted by atomic mass is 10.0. The molecule has 1 aromatic rings. The maximum Gasteiger partial charge on any atom is 0.314 e. The maximum atomic E-state index is 12.0. The van der Waals surface area contributed by atoms with Crippen LogP contribution in [0.2, 0.25) is 0 Å². The first kappa shape index (κ1) is 16.9. The Hall–Kier alpha value is -2.17. The number of carbonyl (C=O) groups is 2. The number of benzene rings is 1. The van der Waals surface area contributed by atoms with Gasteiger partial charge in [0.1, 0.15) is 0 Å². The van der Waals surface area contributed by atoms with Crippen molar-refractivity contribution in [3.8, 4) is 0 Å². The summed E-state index contributed by atoms with van der Waals surface area (Å²) in [5.74, 6) is -1.04. The van der Waals surface area contributed by atoms with Gasteiger partial charge >= 0.3 is 5.97 Å². The van der Waals surface area contributed by atoms with E-state index in [0.717, 1.165) is 5.56 Å². The Balaban J connectivity index is 2.74. The fourth-order valence-electron chi connectivity index (χ4n) is 1.94. The minimum Gasteiger partial charge on any atom is -0.465 e. The lowest BCUT2D eigenvalue weighted by molar-refractivity contribution is -0.145. The van der Waals surface area contributed by atoms with Crippen molar-refractivity contribution in [1.82, 2.24) is 5.43 Å². The zero-order valence-corrected chi connectivity index (χ0v) is 13.0. The molecule has 1 rings (SSSR count). The van der Waals surface area contributed by atoms with Gasteiger partial charge < -0.3 is 4.74 Å². The third-order valence-electron chi connectivity index (χ3n) is 3.10. The number of esters is 1. The Kier molecular flexibility index (Phi) is 6.59. The van der Waals surface area contributed by atoms with Crippen molar-refractivity contribution in [2.45, 2.75) is 34.1 Å². The van der Waals surface area contributed by atoms with E-state index in [1.54, 1.807) is 26.0 Å². The summed E-state index contributed by atoms with van der Waals surface area (Å²) in [5, 5.41) is 4.02. The summed E-state index contributed by atoms with van der Waals surface area (Å²) in [4.78, 5) is 23.7. The molecule has 0 aliphatic heterocycles. The van der Waals surface area contributed by atoms with E-state index < -0.39 is 5.92 Å². The first-order chi connectivity index (χ1) is 9.99. The molecule has 0 aliphatic rings. The van der Waals surface area contributed by atoms with Crippen LogP contribution >= 0.6 is 0 Å². The topological polar surface area (TPSA) is 67.8 Å². The number of amides is 1. The summed E-state index contributed by atoms with van der Waals surface area (Å²) in [5.41, 5.74) is 4.56. The highest BCUT2D eigenvalue weighted by Gasteiger charge is 2.21. The maximum absolute atomic E-state index is 12.0. The largest absolute Gasteiger partial charge is 0.465 e. The normalized spacial score (nSPS) is 12.7. The quantitative estimate of drug-likeness (QED) is 0.497. The van der Waals surface area contributed by atoms with Crippen LogP contribution in [-0.2, 0) is 9.53 Å². The average Bonchev–Trinajstić information content (AvgIpc) is 2.45. The fourth-order valence-corrected chi connectivity index (χ4v) is 1.94. The molecule has 0 fully saturated rings. The molecule has 0 saturated heterocycles. The van der Waals surface area contributed by atoms with Crippen LogP contribution in [0.5, 0.6) is 0 Å². The molecule has 0 heterocycles. The molecule has 1 N–H and O–H groups in total. The molecule has 1 aromatic carbocycles. The summed E-state index contributed by atoms with van der Waals surface area (Å²) in [6.45, 7) is 7.60. The minimum absolute atomic E-state index is 0.295. The van der Waals surface area contributed by atoms with Crippen molar-refractivity contribution in [3.05, 3.63) is 35.4 Å². The van der Waals surface area contributed by atoms with Crippen LogP contribution in [0, 0.1) is 12.8 Å². The van der Waals surface area contributed by atoms with Crippen LogP contribution in [0.1, 0.15) is 43.1 Å². The Morgan fingerprint density at radius 2 is 2.05 bits per heavy atom. The molecule has 0 radical (unpaired) electrons. The van der Waals surface area contributed by atoms with Gasteiger partial charge in [-0.3, -0.25) is 9.59 Å². The van der Waals surface area contributed by atoms with E-state index in [9.17, 15) is 9.59 Å². The number of rotatable bonds is 6. The number of hydrogen-bond acceptors (Lipinski definition) is 4. The first-order valence-electron chi connectivity index (χ1n) is 7.07. The van der Waals surface area contributed by atoms with Crippen LogP contribution in [0.15, 0.2) is 29.4 Å². The van der Waals surface area contributed by atoms with E-state index in [1.165, 1.54) is 0 Å². The van der Waals surface area contributed by atoms with Gasteiger partial charge in [-0.1, -0.05) is 24.6 Å². The predicted octanol–water partition coefficient (Wildman–Crippen LogP) is 2.69. The molecule has 114 valence electrons. The molecular weight excluding hydrogens is 268 g/mol. The van der Waals surface area contributed by atoms with Crippen molar-refractivity contribution in [1.29, 1.82) is 0 Å². The van der Waals surface area contributed by atoms with E-state index in [1.807, 2.05) is 26.0 Å². The van der Waals surface area contributed by atoms with E-state index in [0.29, 0.717) is 24.3 Å². The van der Waals surface area contributed by atoms with Crippen LogP contribution < -0.4 is 5.43 Å².